The highest BCUT2D eigenvalue weighted by molar-refractivity contribution is 5.44. The summed E-state index contributed by atoms with van der Waals surface area (Å²) in [5.41, 5.74) is 1.29. The minimum atomic E-state index is 0.166. The van der Waals surface area contributed by atoms with Crippen LogP contribution in [0.25, 0.3) is 0 Å². The smallest absolute Gasteiger partial charge is 0.161 e. The SMILES string of the molecule is COc1cc([C@H]2CCCN2)ccc1OC(C)C. The molecular formula is C14H21NO2. The predicted molar refractivity (Wildman–Crippen MR) is 68.7 cm³/mol. The molecule has 3 heteroatoms. The van der Waals surface area contributed by atoms with Crippen LogP contribution in [0.2, 0.25) is 0 Å². The second-order valence-corrected chi connectivity index (χ2v) is 4.73. The second-order valence-electron chi connectivity index (χ2n) is 4.73. The number of hydrogen-bond donors (Lipinski definition) is 1. The van der Waals surface area contributed by atoms with Crippen LogP contribution < -0.4 is 14.8 Å². The molecule has 1 N–H and O–H groups in total. The molecule has 1 aromatic rings. The molecule has 1 fully saturated rings. The van der Waals surface area contributed by atoms with E-state index in [-0.39, 0.29) is 6.10 Å². The molecular weight excluding hydrogens is 214 g/mol. The summed E-state index contributed by atoms with van der Waals surface area (Å²) in [6, 6.07) is 6.69. The largest absolute Gasteiger partial charge is 0.493 e. The molecule has 1 aliphatic heterocycles. The zero-order valence-corrected chi connectivity index (χ0v) is 10.8. The summed E-state index contributed by atoms with van der Waals surface area (Å²) < 4.78 is 11.1. The fraction of sp³-hybridized carbons (Fsp3) is 0.571. The van der Waals surface area contributed by atoms with Crippen molar-refractivity contribution in [2.75, 3.05) is 13.7 Å². The van der Waals surface area contributed by atoms with Gasteiger partial charge < -0.3 is 14.8 Å². The number of rotatable bonds is 4. The van der Waals surface area contributed by atoms with Gasteiger partial charge in [0.25, 0.3) is 0 Å². The lowest BCUT2D eigenvalue weighted by atomic mass is 10.0. The van der Waals surface area contributed by atoms with E-state index in [2.05, 4.69) is 17.4 Å². The van der Waals surface area contributed by atoms with Crippen molar-refractivity contribution in [3.8, 4) is 11.5 Å². The zero-order chi connectivity index (χ0) is 12.3. The van der Waals surface area contributed by atoms with E-state index in [1.165, 1.54) is 18.4 Å². The Balaban J connectivity index is 2.20. The van der Waals surface area contributed by atoms with E-state index in [0.717, 1.165) is 18.0 Å². The van der Waals surface area contributed by atoms with Gasteiger partial charge in [-0.1, -0.05) is 6.07 Å². The fourth-order valence-corrected chi connectivity index (χ4v) is 2.22. The minimum absolute atomic E-state index is 0.166. The van der Waals surface area contributed by atoms with E-state index in [1.54, 1.807) is 7.11 Å². The maximum absolute atomic E-state index is 5.71. The van der Waals surface area contributed by atoms with Crippen molar-refractivity contribution in [2.24, 2.45) is 0 Å². The van der Waals surface area contributed by atoms with E-state index in [4.69, 9.17) is 9.47 Å². The normalized spacial score (nSPS) is 19.6. The summed E-state index contributed by atoms with van der Waals surface area (Å²) >= 11 is 0. The Morgan fingerprint density at radius 2 is 2.12 bits per heavy atom. The standard InChI is InChI=1S/C14H21NO2/c1-10(2)17-13-7-6-11(9-14(13)16-3)12-5-4-8-15-12/h6-7,9-10,12,15H,4-5,8H2,1-3H3/t12-/m1/s1. The van der Waals surface area contributed by atoms with Crippen molar-refractivity contribution < 1.29 is 9.47 Å². The van der Waals surface area contributed by atoms with Gasteiger partial charge in [-0.2, -0.15) is 0 Å². The summed E-state index contributed by atoms with van der Waals surface area (Å²) in [6.07, 6.45) is 2.62. The maximum atomic E-state index is 5.71. The topological polar surface area (TPSA) is 30.5 Å². The molecule has 2 rings (SSSR count). The Morgan fingerprint density at radius 1 is 1.29 bits per heavy atom. The molecule has 0 spiro atoms. The van der Waals surface area contributed by atoms with Gasteiger partial charge in [0.2, 0.25) is 0 Å². The van der Waals surface area contributed by atoms with Crippen LogP contribution in [0, 0.1) is 0 Å². The van der Waals surface area contributed by atoms with Gasteiger partial charge in [0.1, 0.15) is 0 Å². The van der Waals surface area contributed by atoms with E-state index in [1.807, 2.05) is 19.9 Å². The van der Waals surface area contributed by atoms with Crippen LogP contribution in [0.5, 0.6) is 11.5 Å². The molecule has 94 valence electrons. The molecule has 1 aliphatic rings. The van der Waals surface area contributed by atoms with E-state index >= 15 is 0 Å². The van der Waals surface area contributed by atoms with E-state index in [9.17, 15) is 0 Å². The fourth-order valence-electron chi connectivity index (χ4n) is 2.22. The minimum Gasteiger partial charge on any atom is -0.493 e. The van der Waals surface area contributed by atoms with Crippen LogP contribution in [0.1, 0.15) is 38.3 Å². The molecule has 0 radical (unpaired) electrons. The maximum Gasteiger partial charge on any atom is 0.161 e. The molecule has 1 atom stereocenters. The van der Waals surface area contributed by atoms with Crippen LogP contribution >= 0.6 is 0 Å². The van der Waals surface area contributed by atoms with Gasteiger partial charge in [-0.15, -0.1) is 0 Å². The van der Waals surface area contributed by atoms with Crippen molar-refractivity contribution in [2.45, 2.75) is 38.8 Å². The summed E-state index contributed by atoms with van der Waals surface area (Å²) in [6.45, 7) is 5.15. The number of nitrogens with one attached hydrogen (secondary N) is 1. The van der Waals surface area contributed by atoms with Gasteiger partial charge in [-0.3, -0.25) is 0 Å². The third kappa shape index (κ3) is 2.91. The first-order chi connectivity index (χ1) is 8.20. The Morgan fingerprint density at radius 3 is 2.71 bits per heavy atom. The van der Waals surface area contributed by atoms with Gasteiger partial charge in [0.05, 0.1) is 13.2 Å². The van der Waals surface area contributed by atoms with Gasteiger partial charge in [0, 0.05) is 6.04 Å². The van der Waals surface area contributed by atoms with Crippen LogP contribution in [0.15, 0.2) is 18.2 Å². The van der Waals surface area contributed by atoms with Crippen molar-refractivity contribution >= 4 is 0 Å². The van der Waals surface area contributed by atoms with Crippen LogP contribution in [-0.2, 0) is 0 Å². The van der Waals surface area contributed by atoms with Gasteiger partial charge in [-0.05, 0) is 50.9 Å². The quantitative estimate of drug-likeness (QED) is 0.870. The van der Waals surface area contributed by atoms with E-state index < -0.39 is 0 Å². The summed E-state index contributed by atoms with van der Waals surface area (Å²) in [5, 5.41) is 3.49. The number of methoxy groups -OCH3 is 1. The Kier molecular flexibility index (Phi) is 3.89. The average Bonchev–Trinajstić information content (AvgIpc) is 2.82. The van der Waals surface area contributed by atoms with Crippen LogP contribution in [0.3, 0.4) is 0 Å². The van der Waals surface area contributed by atoms with Crippen LogP contribution in [0.4, 0.5) is 0 Å². The highest BCUT2D eigenvalue weighted by atomic mass is 16.5. The van der Waals surface area contributed by atoms with Crippen LogP contribution in [-0.4, -0.2) is 19.8 Å². The summed E-state index contributed by atoms with van der Waals surface area (Å²) in [4.78, 5) is 0. The number of hydrogen-bond acceptors (Lipinski definition) is 3. The lowest BCUT2D eigenvalue weighted by molar-refractivity contribution is 0.230. The molecule has 0 bridgehead atoms. The molecule has 0 unspecified atom stereocenters. The van der Waals surface area contributed by atoms with Crippen molar-refractivity contribution in [1.82, 2.24) is 5.32 Å². The predicted octanol–water partition coefficient (Wildman–Crippen LogP) is 2.91. The number of ether oxygens (including phenoxy) is 2. The van der Waals surface area contributed by atoms with E-state index in [0.29, 0.717) is 6.04 Å². The third-order valence-electron chi connectivity index (χ3n) is 3.01. The molecule has 3 nitrogen and oxygen atoms in total. The van der Waals surface area contributed by atoms with Crippen molar-refractivity contribution in [3.05, 3.63) is 23.8 Å². The van der Waals surface area contributed by atoms with Crippen molar-refractivity contribution in [3.63, 3.8) is 0 Å². The Labute approximate surface area is 103 Å². The highest BCUT2D eigenvalue weighted by Crippen LogP contribution is 2.33. The average molecular weight is 235 g/mol. The van der Waals surface area contributed by atoms with Gasteiger partial charge in [-0.25, -0.2) is 0 Å². The Bertz CT molecular complexity index is 370. The molecule has 1 aromatic carbocycles. The lowest BCUT2D eigenvalue weighted by Gasteiger charge is -2.16. The Hall–Kier alpha value is -1.22. The molecule has 1 saturated heterocycles. The third-order valence-corrected chi connectivity index (χ3v) is 3.01. The molecule has 0 aliphatic carbocycles. The van der Waals surface area contributed by atoms with Gasteiger partial charge >= 0.3 is 0 Å². The van der Waals surface area contributed by atoms with Crippen molar-refractivity contribution in [1.29, 1.82) is 0 Å². The van der Waals surface area contributed by atoms with Gasteiger partial charge in [0.15, 0.2) is 11.5 Å². The molecule has 17 heavy (non-hydrogen) atoms. The molecule has 0 amide bonds. The first-order valence-electron chi connectivity index (χ1n) is 6.28. The molecule has 0 saturated carbocycles. The monoisotopic (exact) mass is 235 g/mol. The molecule has 0 aromatic heterocycles. The lowest BCUT2D eigenvalue weighted by Crippen LogP contribution is -2.13. The number of benzene rings is 1. The highest BCUT2D eigenvalue weighted by Gasteiger charge is 2.18. The summed E-state index contributed by atoms with van der Waals surface area (Å²) in [5.74, 6) is 1.65. The molecule has 1 heterocycles. The zero-order valence-electron chi connectivity index (χ0n) is 10.8. The first-order valence-corrected chi connectivity index (χ1v) is 6.28. The summed E-state index contributed by atoms with van der Waals surface area (Å²) in [7, 11) is 1.69. The first kappa shape index (κ1) is 12.2. The second kappa shape index (κ2) is 5.41.